The quantitative estimate of drug-likeness (QED) is 0.864. The minimum absolute atomic E-state index is 0.243. The zero-order valence-electron chi connectivity index (χ0n) is 9.89. The molecule has 0 spiro atoms. The Labute approximate surface area is 100.0 Å². The number of piperidine rings is 1. The fraction of sp³-hybridized carbons (Fsp3) is 0.583. The van der Waals surface area contributed by atoms with Crippen LogP contribution in [0, 0.1) is 0 Å². The molecule has 0 aliphatic carbocycles. The van der Waals surface area contributed by atoms with Gasteiger partial charge in [-0.1, -0.05) is 0 Å². The molecule has 0 bridgehead atoms. The van der Waals surface area contributed by atoms with Crippen LogP contribution in [0.1, 0.15) is 29.0 Å². The van der Waals surface area contributed by atoms with Crippen molar-refractivity contribution in [3.05, 3.63) is 23.7 Å². The van der Waals surface area contributed by atoms with Crippen molar-refractivity contribution in [2.45, 2.75) is 25.5 Å². The highest BCUT2D eigenvalue weighted by Gasteiger charge is 2.22. The smallest absolute Gasteiger partial charge is 0.339 e. The Morgan fingerprint density at radius 2 is 2.53 bits per heavy atom. The summed E-state index contributed by atoms with van der Waals surface area (Å²) in [6.45, 7) is 2.32. The Bertz CT molecular complexity index is 388. The molecule has 1 aromatic heterocycles. The number of carboxylic acid groups (broad SMARTS) is 1. The van der Waals surface area contributed by atoms with Crippen LogP contribution in [0.3, 0.4) is 0 Å². The Balaban J connectivity index is 2.00. The summed E-state index contributed by atoms with van der Waals surface area (Å²) in [4.78, 5) is 13.1. The van der Waals surface area contributed by atoms with Gasteiger partial charge in [0.25, 0.3) is 0 Å². The topological polar surface area (TPSA) is 62.9 Å². The van der Waals surface area contributed by atoms with Gasteiger partial charge in [0.15, 0.2) is 0 Å². The largest absolute Gasteiger partial charge is 0.478 e. The lowest BCUT2D eigenvalue weighted by atomic mass is 10.1. The second-order valence-electron chi connectivity index (χ2n) is 4.30. The van der Waals surface area contributed by atoms with Crippen molar-refractivity contribution >= 4 is 5.97 Å². The highest BCUT2D eigenvalue weighted by atomic mass is 16.5. The number of hydrogen-bond donors (Lipinski definition) is 1. The minimum atomic E-state index is -0.936. The molecule has 1 unspecified atom stereocenters. The van der Waals surface area contributed by atoms with E-state index in [1.165, 1.54) is 12.3 Å². The van der Waals surface area contributed by atoms with Crippen LogP contribution in [0.15, 0.2) is 16.7 Å². The summed E-state index contributed by atoms with van der Waals surface area (Å²) in [6, 6.07) is 1.50. The number of aromatic carboxylic acids is 1. The van der Waals surface area contributed by atoms with E-state index >= 15 is 0 Å². The number of hydrogen-bond acceptors (Lipinski definition) is 4. The number of nitrogens with zero attached hydrogens (tertiary/aromatic N) is 1. The summed E-state index contributed by atoms with van der Waals surface area (Å²) < 4.78 is 10.6. The normalized spacial score (nSPS) is 21.6. The van der Waals surface area contributed by atoms with E-state index in [9.17, 15) is 4.79 Å². The zero-order valence-corrected chi connectivity index (χ0v) is 9.89. The van der Waals surface area contributed by atoms with Crippen LogP contribution < -0.4 is 0 Å². The van der Waals surface area contributed by atoms with E-state index in [4.69, 9.17) is 14.3 Å². The molecule has 1 aromatic rings. The fourth-order valence-corrected chi connectivity index (χ4v) is 2.21. The summed E-state index contributed by atoms with van der Waals surface area (Å²) in [7, 11) is 1.71. The number of furan rings is 1. The maximum absolute atomic E-state index is 10.9. The van der Waals surface area contributed by atoms with E-state index in [1.807, 2.05) is 0 Å². The van der Waals surface area contributed by atoms with Crippen molar-refractivity contribution in [2.24, 2.45) is 0 Å². The molecule has 1 saturated heterocycles. The molecule has 1 aliphatic heterocycles. The third-order valence-electron chi connectivity index (χ3n) is 3.14. The van der Waals surface area contributed by atoms with Crippen LogP contribution in [0.2, 0.25) is 0 Å². The van der Waals surface area contributed by atoms with Gasteiger partial charge in [-0.25, -0.2) is 4.79 Å². The molecule has 1 fully saturated rings. The predicted molar refractivity (Wildman–Crippen MR) is 61.0 cm³/mol. The maximum Gasteiger partial charge on any atom is 0.339 e. The Kier molecular flexibility index (Phi) is 3.81. The summed E-state index contributed by atoms with van der Waals surface area (Å²) in [5.74, 6) is -0.414. The summed E-state index contributed by atoms with van der Waals surface area (Å²) in [5, 5.41) is 8.98. The summed E-state index contributed by atoms with van der Waals surface area (Å²) in [6.07, 6.45) is 3.81. The third-order valence-corrected chi connectivity index (χ3v) is 3.14. The maximum atomic E-state index is 10.9. The molecule has 1 aliphatic rings. The molecule has 0 radical (unpaired) electrons. The molecular formula is C12H17NO4. The Morgan fingerprint density at radius 1 is 1.71 bits per heavy atom. The van der Waals surface area contributed by atoms with Crippen molar-refractivity contribution < 1.29 is 19.1 Å². The monoisotopic (exact) mass is 239 g/mol. The van der Waals surface area contributed by atoms with Crippen LogP contribution >= 0.6 is 0 Å². The summed E-state index contributed by atoms with van der Waals surface area (Å²) in [5.41, 5.74) is 0.254. The van der Waals surface area contributed by atoms with Gasteiger partial charge < -0.3 is 14.3 Å². The van der Waals surface area contributed by atoms with Crippen molar-refractivity contribution in [3.63, 3.8) is 0 Å². The molecule has 17 heavy (non-hydrogen) atoms. The highest BCUT2D eigenvalue weighted by Crippen LogP contribution is 2.18. The van der Waals surface area contributed by atoms with E-state index in [1.54, 1.807) is 7.11 Å². The molecule has 2 heterocycles. The van der Waals surface area contributed by atoms with Crippen molar-refractivity contribution in [2.75, 3.05) is 20.2 Å². The average molecular weight is 239 g/mol. The second kappa shape index (κ2) is 5.33. The van der Waals surface area contributed by atoms with Crippen LogP contribution in [-0.4, -0.2) is 42.3 Å². The third kappa shape index (κ3) is 2.87. The van der Waals surface area contributed by atoms with E-state index < -0.39 is 5.97 Å². The number of rotatable bonds is 4. The van der Waals surface area contributed by atoms with Crippen LogP contribution in [0.25, 0.3) is 0 Å². The molecule has 2 rings (SSSR count). The van der Waals surface area contributed by atoms with Crippen molar-refractivity contribution in [3.8, 4) is 0 Å². The van der Waals surface area contributed by atoms with E-state index in [2.05, 4.69) is 4.90 Å². The molecule has 0 aromatic carbocycles. The average Bonchev–Trinajstić information content (AvgIpc) is 2.77. The lowest BCUT2D eigenvalue weighted by Gasteiger charge is -2.31. The van der Waals surface area contributed by atoms with Crippen molar-refractivity contribution in [1.82, 2.24) is 4.90 Å². The van der Waals surface area contributed by atoms with Gasteiger partial charge in [-0.2, -0.15) is 0 Å². The Hall–Kier alpha value is -1.33. The SMILES string of the molecule is COC1CCCN(Cc2occc2C(=O)O)C1. The molecule has 1 atom stereocenters. The number of ether oxygens (including phenoxy) is 1. The first-order valence-electron chi connectivity index (χ1n) is 5.75. The molecule has 5 heteroatoms. The number of carboxylic acids is 1. The molecule has 0 amide bonds. The first-order valence-corrected chi connectivity index (χ1v) is 5.75. The molecular weight excluding hydrogens is 222 g/mol. The van der Waals surface area contributed by atoms with E-state index in [0.717, 1.165) is 25.9 Å². The van der Waals surface area contributed by atoms with Gasteiger partial charge in [0.2, 0.25) is 0 Å². The fourth-order valence-electron chi connectivity index (χ4n) is 2.21. The Morgan fingerprint density at radius 3 is 3.24 bits per heavy atom. The molecule has 94 valence electrons. The van der Waals surface area contributed by atoms with Crippen LogP contribution in [-0.2, 0) is 11.3 Å². The first-order chi connectivity index (χ1) is 8.20. The standard InChI is InChI=1S/C12H17NO4/c1-16-9-3-2-5-13(7-9)8-11-10(12(14)15)4-6-17-11/h4,6,9H,2-3,5,7-8H2,1H3,(H,14,15). The number of likely N-dealkylation sites (tertiary alicyclic amines) is 1. The zero-order chi connectivity index (χ0) is 12.3. The van der Waals surface area contributed by atoms with Crippen LogP contribution in [0.4, 0.5) is 0 Å². The van der Waals surface area contributed by atoms with Gasteiger partial charge >= 0.3 is 5.97 Å². The minimum Gasteiger partial charge on any atom is -0.478 e. The van der Waals surface area contributed by atoms with Gasteiger partial charge in [-0.05, 0) is 25.5 Å². The van der Waals surface area contributed by atoms with E-state index in [-0.39, 0.29) is 11.7 Å². The van der Waals surface area contributed by atoms with Gasteiger partial charge in [0.1, 0.15) is 11.3 Å². The number of carbonyl (C=O) groups is 1. The lowest BCUT2D eigenvalue weighted by Crippen LogP contribution is -2.38. The van der Waals surface area contributed by atoms with Gasteiger partial charge in [-0.3, -0.25) is 4.90 Å². The number of methoxy groups -OCH3 is 1. The second-order valence-corrected chi connectivity index (χ2v) is 4.30. The lowest BCUT2D eigenvalue weighted by molar-refractivity contribution is 0.0261. The molecule has 0 saturated carbocycles. The summed E-state index contributed by atoms with van der Waals surface area (Å²) >= 11 is 0. The molecule has 1 N–H and O–H groups in total. The van der Waals surface area contributed by atoms with Crippen molar-refractivity contribution in [1.29, 1.82) is 0 Å². The first kappa shape index (κ1) is 12.1. The van der Waals surface area contributed by atoms with Crippen LogP contribution in [0.5, 0.6) is 0 Å². The van der Waals surface area contributed by atoms with E-state index in [0.29, 0.717) is 12.3 Å². The predicted octanol–water partition coefficient (Wildman–Crippen LogP) is 1.59. The highest BCUT2D eigenvalue weighted by molar-refractivity contribution is 5.88. The van der Waals surface area contributed by atoms with Gasteiger partial charge in [-0.15, -0.1) is 0 Å². The van der Waals surface area contributed by atoms with Gasteiger partial charge in [0.05, 0.1) is 18.9 Å². The molecule has 5 nitrogen and oxygen atoms in total. The van der Waals surface area contributed by atoms with Gasteiger partial charge in [0, 0.05) is 13.7 Å².